The second-order valence-electron chi connectivity index (χ2n) is 3.65. The molecule has 0 aromatic heterocycles. The Hall–Kier alpha value is -0.210. The predicted molar refractivity (Wildman–Crippen MR) is 54.4 cm³/mol. The Labute approximate surface area is 117 Å². The van der Waals surface area contributed by atoms with Crippen LogP contribution < -0.4 is 34.9 Å². The molecule has 8 heteroatoms. The molecule has 0 saturated carbocycles. The topological polar surface area (TPSA) is 110 Å². The summed E-state index contributed by atoms with van der Waals surface area (Å²) in [6, 6.07) is 0. The molecule has 16 heavy (non-hydrogen) atoms. The minimum absolute atomic E-state index is 0. The van der Waals surface area contributed by atoms with Crippen LogP contribution in [0.3, 0.4) is 0 Å². The van der Waals surface area contributed by atoms with Crippen molar-refractivity contribution in [2.75, 3.05) is 5.75 Å². The molecule has 0 aromatic carbocycles. The zero-order valence-electron chi connectivity index (χ0n) is 9.53. The van der Waals surface area contributed by atoms with Gasteiger partial charge in [0.2, 0.25) is 5.91 Å². The van der Waals surface area contributed by atoms with Crippen molar-refractivity contribution in [3.63, 3.8) is 0 Å². The summed E-state index contributed by atoms with van der Waals surface area (Å²) >= 11 is 0. The van der Waals surface area contributed by atoms with Crippen molar-refractivity contribution in [3.8, 4) is 0 Å². The van der Waals surface area contributed by atoms with Crippen LogP contribution in [0.4, 0.5) is 0 Å². The SMILES string of the molecule is C=CC(=O)NC(=N)C(C)(C)CS(=O)(=O)[O-].[Na+]. The average Bonchev–Trinajstić information content (AvgIpc) is 1.99. The summed E-state index contributed by atoms with van der Waals surface area (Å²) in [6.45, 7) is 5.95. The van der Waals surface area contributed by atoms with Gasteiger partial charge in [0.25, 0.3) is 0 Å². The van der Waals surface area contributed by atoms with Crippen LogP contribution >= 0.6 is 0 Å². The minimum atomic E-state index is -4.44. The quantitative estimate of drug-likeness (QED) is 0.182. The van der Waals surface area contributed by atoms with E-state index in [1.165, 1.54) is 13.8 Å². The van der Waals surface area contributed by atoms with Gasteiger partial charge in [0.15, 0.2) is 0 Å². The monoisotopic (exact) mass is 256 g/mol. The van der Waals surface area contributed by atoms with Gasteiger partial charge >= 0.3 is 29.6 Å². The molecular weight excluding hydrogens is 243 g/mol. The molecule has 0 rings (SSSR count). The Morgan fingerprint density at radius 1 is 1.56 bits per heavy atom. The zero-order valence-corrected chi connectivity index (χ0v) is 12.3. The van der Waals surface area contributed by atoms with Crippen molar-refractivity contribution in [2.24, 2.45) is 5.41 Å². The molecule has 86 valence electrons. The van der Waals surface area contributed by atoms with Crippen molar-refractivity contribution in [1.29, 1.82) is 5.41 Å². The Bertz CT molecular complexity index is 389. The first-order chi connectivity index (χ1) is 6.58. The summed E-state index contributed by atoms with van der Waals surface area (Å²) in [4.78, 5) is 10.8. The number of carbonyl (C=O) groups is 1. The van der Waals surface area contributed by atoms with E-state index in [-0.39, 0.29) is 35.4 Å². The van der Waals surface area contributed by atoms with Crippen LogP contribution in [0, 0.1) is 10.8 Å². The molecule has 6 nitrogen and oxygen atoms in total. The number of hydrogen-bond acceptors (Lipinski definition) is 5. The van der Waals surface area contributed by atoms with Crippen LogP contribution in [0.15, 0.2) is 12.7 Å². The van der Waals surface area contributed by atoms with Crippen molar-refractivity contribution < 1.29 is 47.3 Å². The third kappa shape index (κ3) is 7.13. The molecule has 0 aliphatic heterocycles. The maximum atomic E-state index is 10.8. The van der Waals surface area contributed by atoms with Gasteiger partial charge in [-0.3, -0.25) is 10.2 Å². The molecule has 0 aliphatic rings. The van der Waals surface area contributed by atoms with Crippen LogP contribution in [0.1, 0.15) is 13.8 Å². The Balaban J connectivity index is 0. The Morgan fingerprint density at radius 2 is 2.00 bits per heavy atom. The van der Waals surface area contributed by atoms with Gasteiger partial charge in [-0.05, 0) is 6.08 Å². The Kier molecular flexibility index (Phi) is 7.39. The van der Waals surface area contributed by atoms with Gasteiger partial charge in [-0.15, -0.1) is 0 Å². The molecule has 1 amide bonds. The summed E-state index contributed by atoms with van der Waals surface area (Å²) in [5.74, 6) is -1.68. The summed E-state index contributed by atoms with van der Waals surface area (Å²) in [5, 5.41) is 9.54. The first kappa shape index (κ1) is 18.2. The molecule has 0 spiro atoms. The molecule has 0 fully saturated rings. The summed E-state index contributed by atoms with van der Waals surface area (Å²) in [5.41, 5.74) is -1.22. The number of nitrogens with one attached hydrogen (secondary N) is 2. The third-order valence-electron chi connectivity index (χ3n) is 1.65. The van der Waals surface area contributed by atoms with Gasteiger partial charge in [0, 0.05) is 5.41 Å². The number of amides is 1. The fourth-order valence-electron chi connectivity index (χ4n) is 0.858. The largest absolute Gasteiger partial charge is 1.00 e. The number of carbonyl (C=O) groups excluding carboxylic acids is 1. The van der Waals surface area contributed by atoms with Crippen molar-refractivity contribution in [1.82, 2.24) is 5.32 Å². The average molecular weight is 256 g/mol. The maximum Gasteiger partial charge on any atom is 1.00 e. The van der Waals surface area contributed by atoms with E-state index in [9.17, 15) is 17.8 Å². The summed E-state index contributed by atoms with van der Waals surface area (Å²) in [6.07, 6.45) is 0.955. The second-order valence-corrected chi connectivity index (χ2v) is 5.06. The van der Waals surface area contributed by atoms with Crippen LogP contribution in [0.5, 0.6) is 0 Å². The number of rotatable bonds is 4. The molecule has 0 bridgehead atoms. The number of amidine groups is 1. The van der Waals surface area contributed by atoms with Crippen LogP contribution in [-0.2, 0) is 14.9 Å². The maximum absolute atomic E-state index is 10.8. The number of hydrogen-bond donors (Lipinski definition) is 2. The van der Waals surface area contributed by atoms with Gasteiger partial charge < -0.3 is 9.87 Å². The van der Waals surface area contributed by atoms with Gasteiger partial charge in [-0.1, -0.05) is 20.4 Å². The molecule has 2 N–H and O–H groups in total. The van der Waals surface area contributed by atoms with E-state index in [1.54, 1.807) is 0 Å². The van der Waals surface area contributed by atoms with E-state index in [4.69, 9.17) is 5.41 Å². The van der Waals surface area contributed by atoms with Crippen molar-refractivity contribution in [2.45, 2.75) is 13.8 Å². The molecular formula is C8H13N2NaO4S. The van der Waals surface area contributed by atoms with Gasteiger partial charge in [-0.2, -0.15) is 0 Å². The second kappa shape index (κ2) is 6.51. The van der Waals surface area contributed by atoms with Crippen LogP contribution in [0.2, 0.25) is 0 Å². The molecule has 0 unspecified atom stereocenters. The first-order valence-corrected chi connectivity index (χ1v) is 5.62. The van der Waals surface area contributed by atoms with Crippen LogP contribution in [0.25, 0.3) is 0 Å². The van der Waals surface area contributed by atoms with Crippen molar-refractivity contribution in [3.05, 3.63) is 12.7 Å². The molecule has 0 radical (unpaired) electrons. The minimum Gasteiger partial charge on any atom is -0.748 e. The first-order valence-electron chi connectivity index (χ1n) is 4.04. The van der Waals surface area contributed by atoms with Gasteiger partial charge in [-0.25, -0.2) is 8.42 Å². The Morgan fingerprint density at radius 3 is 2.31 bits per heavy atom. The fourth-order valence-corrected chi connectivity index (χ4v) is 1.89. The fraction of sp³-hybridized carbons (Fsp3) is 0.500. The molecule has 0 atom stereocenters. The molecule has 0 saturated heterocycles. The zero-order chi connectivity index (χ0) is 12.3. The smallest absolute Gasteiger partial charge is 0.748 e. The van der Waals surface area contributed by atoms with Crippen molar-refractivity contribution >= 4 is 21.9 Å². The van der Waals surface area contributed by atoms with E-state index in [1.807, 2.05) is 0 Å². The molecule has 0 aliphatic carbocycles. The molecule has 0 aromatic rings. The van der Waals surface area contributed by atoms with Gasteiger partial charge in [0.1, 0.15) is 5.84 Å². The molecule has 0 heterocycles. The summed E-state index contributed by atoms with van der Waals surface area (Å²) in [7, 11) is -4.44. The normalized spacial score (nSPS) is 11.2. The van der Waals surface area contributed by atoms with E-state index in [0.29, 0.717) is 0 Å². The van der Waals surface area contributed by atoms with E-state index >= 15 is 0 Å². The van der Waals surface area contributed by atoms with E-state index in [0.717, 1.165) is 6.08 Å². The van der Waals surface area contributed by atoms with Crippen LogP contribution in [-0.4, -0.2) is 30.5 Å². The predicted octanol–water partition coefficient (Wildman–Crippen LogP) is -3.16. The van der Waals surface area contributed by atoms with Gasteiger partial charge in [0.05, 0.1) is 15.9 Å². The third-order valence-corrected chi connectivity index (χ3v) is 2.72. The summed E-state index contributed by atoms with van der Waals surface area (Å²) < 4.78 is 31.6. The van der Waals surface area contributed by atoms with E-state index in [2.05, 4.69) is 11.9 Å². The standard InChI is InChI=1S/C8H14N2O4S.Na/c1-4-6(11)10-7(9)8(2,3)5-15(12,13)14;/h4H,1,5H2,2-3H3,(H2,9,10,11)(H,12,13,14);/q;+1/p-1. The van der Waals surface area contributed by atoms with E-state index < -0.39 is 27.2 Å².